The van der Waals surface area contributed by atoms with Crippen LogP contribution >= 0.6 is 11.6 Å². The topological polar surface area (TPSA) is 84.9 Å². The zero-order valence-electron chi connectivity index (χ0n) is 16.9. The van der Waals surface area contributed by atoms with Crippen molar-refractivity contribution in [2.24, 2.45) is 0 Å². The Kier molecular flexibility index (Phi) is 7.04. The number of carbonyl (C=O) groups is 1. The van der Waals surface area contributed by atoms with Crippen LogP contribution in [0.4, 0.5) is 11.4 Å². The van der Waals surface area contributed by atoms with Crippen LogP contribution in [-0.2, 0) is 14.8 Å². The summed E-state index contributed by atoms with van der Waals surface area (Å²) in [5, 5.41) is 3.05. The van der Waals surface area contributed by atoms with E-state index in [-0.39, 0.29) is 10.6 Å². The fourth-order valence-corrected chi connectivity index (χ4v) is 4.53. The van der Waals surface area contributed by atoms with Crippen molar-refractivity contribution >= 4 is 38.9 Å². The van der Waals surface area contributed by atoms with Crippen molar-refractivity contribution in [3.63, 3.8) is 0 Å². The second-order valence-corrected chi connectivity index (χ2v) is 8.72. The van der Waals surface area contributed by atoms with Gasteiger partial charge in [-0.1, -0.05) is 35.9 Å². The highest BCUT2D eigenvalue weighted by atomic mass is 35.5. The van der Waals surface area contributed by atoms with Crippen molar-refractivity contribution in [3.8, 4) is 11.5 Å². The quantitative estimate of drug-likeness (QED) is 0.544. The molecule has 3 rings (SSSR count). The van der Waals surface area contributed by atoms with Gasteiger partial charge in [0.05, 0.1) is 24.8 Å². The first-order valence-corrected chi connectivity index (χ1v) is 11.0. The van der Waals surface area contributed by atoms with Gasteiger partial charge in [0.15, 0.2) is 11.5 Å². The summed E-state index contributed by atoms with van der Waals surface area (Å²) >= 11 is 6.07. The molecule has 31 heavy (non-hydrogen) atoms. The molecule has 1 N–H and O–H groups in total. The third-order valence-corrected chi connectivity index (χ3v) is 6.41. The number of nitrogens with one attached hydrogen (secondary N) is 1. The molecule has 0 aliphatic carbocycles. The van der Waals surface area contributed by atoms with Crippen LogP contribution in [-0.4, -0.2) is 35.1 Å². The van der Waals surface area contributed by atoms with Gasteiger partial charge in [0.1, 0.15) is 6.54 Å². The minimum absolute atomic E-state index is 0.0638. The Bertz CT molecular complexity index is 1170. The lowest BCUT2D eigenvalue weighted by Gasteiger charge is -2.24. The first-order valence-electron chi connectivity index (χ1n) is 9.20. The fraction of sp³-hybridized carbons (Fsp3) is 0.136. The second-order valence-electron chi connectivity index (χ2n) is 6.42. The van der Waals surface area contributed by atoms with Gasteiger partial charge in [-0.05, 0) is 42.5 Å². The molecule has 0 bridgehead atoms. The minimum atomic E-state index is -4.01. The first-order chi connectivity index (χ1) is 14.8. The predicted molar refractivity (Wildman–Crippen MR) is 121 cm³/mol. The SMILES string of the molecule is COc1ccc(NC(=O)CN(c2cccc(Cl)c2)S(=O)(=O)c2ccccc2)cc1OC. The molecular formula is C22H21ClN2O5S. The van der Waals surface area contributed by atoms with Gasteiger partial charge in [0.2, 0.25) is 5.91 Å². The van der Waals surface area contributed by atoms with Gasteiger partial charge in [0.25, 0.3) is 10.0 Å². The molecule has 1 amide bonds. The maximum atomic E-state index is 13.3. The number of sulfonamides is 1. The largest absolute Gasteiger partial charge is 0.493 e. The average Bonchev–Trinajstić information content (AvgIpc) is 2.77. The molecule has 0 atom stereocenters. The number of amides is 1. The Labute approximate surface area is 186 Å². The summed E-state index contributed by atoms with van der Waals surface area (Å²) in [5.74, 6) is 0.406. The fourth-order valence-electron chi connectivity index (χ4n) is 2.91. The zero-order valence-corrected chi connectivity index (χ0v) is 18.5. The van der Waals surface area contributed by atoms with Crippen LogP contribution in [0.5, 0.6) is 11.5 Å². The number of hydrogen-bond acceptors (Lipinski definition) is 5. The monoisotopic (exact) mass is 460 g/mol. The van der Waals surface area contributed by atoms with Crippen molar-refractivity contribution in [2.45, 2.75) is 4.90 Å². The molecule has 0 heterocycles. The van der Waals surface area contributed by atoms with Crippen molar-refractivity contribution < 1.29 is 22.7 Å². The number of hydrogen-bond donors (Lipinski definition) is 1. The second kappa shape index (κ2) is 9.72. The summed E-state index contributed by atoms with van der Waals surface area (Å²) in [7, 11) is -1.02. The molecule has 3 aromatic rings. The number of benzene rings is 3. The van der Waals surface area contributed by atoms with Crippen LogP contribution in [0, 0.1) is 0 Å². The van der Waals surface area contributed by atoms with Gasteiger partial charge in [-0.2, -0.15) is 0 Å². The van der Waals surface area contributed by atoms with Gasteiger partial charge < -0.3 is 14.8 Å². The Balaban J connectivity index is 1.91. The van der Waals surface area contributed by atoms with E-state index in [2.05, 4.69) is 5.32 Å². The number of halogens is 1. The van der Waals surface area contributed by atoms with E-state index >= 15 is 0 Å². The lowest BCUT2D eigenvalue weighted by molar-refractivity contribution is -0.114. The number of methoxy groups -OCH3 is 2. The summed E-state index contributed by atoms with van der Waals surface area (Å²) < 4.78 is 38.0. The third kappa shape index (κ3) is 5.28. The maximum Gasteiger partial charge on any atom is 0.264 e. The summed E-state index contributed by atoms with van der Waals surface area (Å²) in [6.07, 6.45) is 0. The number of nitrogens with zero attached hydrogens (tertiary/aromatic N) is 1. The van der Waals surface area contributed by atoms with Gasteiger partial charge in [0, 0.05) is 16.8 Å². The van der Waals surface area contributed by atoms with E-state index in [1.807, 2.05) is 0 Å². The molecule has 0 saturated heterocycles. The van der Waals surface area contributed by atoms with E-state index in [0.29, 0.717) is 22.2 Å². The maximum absolute atomic E-state index is 13.3. The van der Waals surface area contributed by atoms with Gasteiger partial charge in [-0.25, -0.2) is 8.42 Å². The Hall–Kier alpha value is -3.23. The smallest absolute Gasteiger partial charge is 0.264 e. The van der Waals surface area contributed by atoms with Crippen LogP contribution < -0.4 is 19.1 Å². The van der Waals surface area contributed by atoms with E-state index in [1.54, 1.807) is 54.6 Å². The Morgan fingerprint density at radius 3 is 2.29 bits per heavy atom. The number of carbonyl (C=O) groups excluding carboxylic acids is 1. The lowest BCUT2D eigenvalue weighted by atomic mass is 10.2. The van der Waals surface area contributed by atoms with E-state index < -0.39 is 22.5 Å². The summed E-state index contributed by atoms with van der Waals surface area (Å²) in [6.45, 7) is -0.452. The van der Waals surface area contributed by atoms with E-state index in [0.717, 1.165) is 4.31 Å². The van der Waals surface area contributed by atoms with Gasteiger partial charge >= 0.3 is 0 Å². The van der Waals surface area contributed by atoms with E-state index in [9.17, 15) is 13.2 Å². The van der Waals surface area contributed by atoms with Crippen molar-refractivity contribution in [1.82, 2.24) is 0 Å². The molecule has 0 saturated carbocycles. The van der Waals surface area contributed by atoms with E-state index in [4.69, 9.17) is 21.1 Å². The molecule has 3 aromatic carbocycles. The molecule has 0 aromatic heterocycles. The molecule has 0 aliphatic heterocycles. The van der Waals surface area contributed by atoms with Crippen LogP contribution in [0.25, 0.3) is 0 Å². The highest BCUT2D eigenvalue weighted by Crippen LogP contribution is 2.30. The molecule has 0 aliphatic rings. The average molecular weight is 461 g/mol. The summed E-state index contributed by atoms with van der Waals surface area (Å²) in [5.41, 5.74) is 0.713. The van der Waals surface area contributed by atoms with Gasteiger partial charge in [-0.3, -0.25) is 9.10 Å². The first kappa shape index (κ1) is 22.5. The molecule has 0 radical (unpaired) electrons. The molecule has 162 valence electrons. The van der Waals surface area contributed by atoms with Crippen LogP contribution in [0.1, 0.15) is 0 Å². The predicted octanol–water partition coefficient (Wildman–Crippen LogP) is 4.19. The molecule has 0 unspecified atom stereocenters. The molecule has 0 spiro atoms. The zero-order chi connectivity index (χ0) is 22.4. The van der Waals surface area contributed by atoms with Crippen molar-refractivity contribution in [3.05, 3.63) is 77.8 Å². The number of ether oxygens (including phenoxy) is 2. The summed E-state index contributed by atoms with van der Waals surface area (Å²) in [6, 6.07) is 19.1. The van der Waals surface area contributed by atoms with Crippen LogP contribution in [0.2, 0.25) is 5.02 Å². The Morgan fingerprint density at radius 2 is 1.65 bits per heavy atom. The van der Waals surface area contributed by atoms with Crippen molar-refractivity contribution in [2.75, 3.05) is 30.4 Å². The van der Waals surface area contributed by atoms with E-state index in [1.165, 1.54) is 32.4 Å². The summed E-state index contributed by atoms with van der Waals surface area (Å²) in [4.78, 5) is 12.9. The highest BCUT2D eigenvalue weighted by Gasteiger charge is 2.27. The minimum Gasteiger partial charge on any atom is -0.493 e. The lowest BCUT2D eigenvalue weighted by Crippen LogP contribution is -2.38. The van der Waals surface area contributed by atoms with Crippen LogP contribution in [0.3, 0.4) is 0 Å². The number of rotatable bonds is 8. The van der Waals surface area contributed by atoms with Crippen molar-refractivity contribution in [1.29, 1.82) is 0 Å². The van der Waals surface area contributed by atoms with Crippen LogP contribution in [0.15, 0.2) is 77.7 Å². The molecular weight excluding hydrogens is 440 g/mol. The molecule has 7 nitrogen and oxygen atoms in total. The van der Waals surface area contributed by atoms with Gasteiger partial charge in [-0.15, -0.1) is 0 Å². The molecule has 9 heteroatoms. The number of anilines is 2. The Morgan fingerprint density at radius 1 is 0.935 bits per heavy atom. The normalized spacial score (nSPS) is 10.9. The third-order valence-electron chi connectivity index (χ3n) is 4.38. The highest BCUT2D eigenvalue weighted by molar-refractivity contribution is 7.92. The standard InChI is InChI=1S/C22H21ClN2O5S/c1-29-20-12-11-17(14-21(20)30-2)24-22(26)15-25(18-8-6-7-16(23)13-18)31(27,28)19-9-4-3-5-10-19/h3-14H,15H2,1-2H3,(H,24,26). The molecule has 0 fully saturated rings.